The average Bonchev–Trinajstić information content (AvgIpc) is 3.36. The smallest absolute Gasteiger partial charge is 0.382 e. The number of benzene rings is 1. The molecule has 1 aliphatic carbocycles. The van der Waals surface area contributed by atoms with Crippen molar-refractivity contribution >= 4 is 26.8 Å². The van der Waals surface area contributed by atoms with Crippen LogP contribution < -0.4 is 5.56 Å². The summed E-state index contributed by atoms with van der Waals surface area (Å²) in [5.41, 5.74) is -0.449. The minimum atomic E-state index is -4.50. The minimum Gasteiger partial charge on any atom is -0.382 e. The maximum absolute atomic E-state index is 12.9. The van der Waals surface area contributed by atoms with E-state index in [-0.39, 0.29) is 27.2 Å². The molecule has 1 N–H and O–H groups in total. The van der Waals surface area contributed by atoms with E-state index in [9.17, 15) is 23.1 Å². The third-order valence-corrected chi connectivity index (χ3v) is 5.27. The molecule has 0 saturated heterocycles. The maximum Gasteiger partial charge on any atom is 0.417 e. The molecule has 0 aliphatic heterocycles. The van der Waals surface area contributed by atoms with E-state index < -0.39 is 17.8 Å². The van der Waals surface area contributed by atoms with Gasteiger partial charge in [-0.1, -0.05) is 22.0 Å². The quantitative estimate of drug-likeness (QED) is 0.675. The molecular weight excluding hydrogens is 429 g/mol. The van der Waals surface area contributed by atoms with Gasteiger partial charge in [-0.3, -0.25) is 9.48 Å². The van der Waals surface area contributed by atoms with Gasteiger partial charge in [-0.15, -0.1) is 0 Å². The Kier molecular flexibility index (Phi) is 4.15. The average molecular weight is 443 g/mol. The van der Waals surface area contributed by atoms with Crippen LogP contribution >= 0.6 is 15.9 Å². The fraction of sp³-hybridized carbons (Fsp3) is 0.353. The monoisotopic (exact) mass is 442 g/mol. The van der Waals surface area contributed by atoms with Crippen molar-refractivity contribution < 1.29 is 18.3 Å². The number of hydrogen-bond acceptors (Lipinski definition) is 4. The van der Waals surface area contributed by atoms with Gasteiger partial charge in [0, 0.05) is 11.5 Å². The van der Waals surface area contributed by atoms with Crippen LogP contribution in [0.5, 0.6) is 0 Å². The van der Waals surface area contributed by atoms with Gasteiger partial charge in [0.2, 0.25) is 0 Å². The first-order chi connectivity index (χ1) is 12.7. The molecule has 2 aromatic heterocycles. The zero-order chi connectivity index (χ0) is 19.5. The van der Waals surface area contributed by atoms with E-state index in [4.69, 9.17) is 0 Å². The van der Waals surface area contributed by atoms with Crippen LogP contribution in [0.25, 0.3) is 10.9 Å². The zero-order valence-electron chi connectivity index (χ0n) is 14.0. The summed E-state index contributed by atoms with van der Waals surface area (Å²) < 4.78 is 41.4. The van der Waals surface area contributed by atoms with Gasteiger partial charge < -0.3 is 5.11 Å². The highest BCUT2D eigenvalue weighted by molar-refractivity contribution is 9.10. The number of rotatable bonds is 3. The largest absolute Gasteiger partial charge is 0.417 e. The van der Waals surface area contributed by atoms with Gasteiger partial charge in [-0.05, 0) is 30.5 Å². The van der Waals surface area contributed by atoms with Crippen LogP contribution in [-0.2, 0) is 13.2 Å². The van der Waals surface area contributed by atoms with Gasteiger partial charge in [0.05, 0.1) is 28.9 Å². The summed E-state index contributed by atoms with van der Waals surface area (Å²) in [6.45, 7) is 0. The highest BCUT2D eigenvalue weighted by atomic mass is 79.9. The molecular formula is C17H14BrF3N4O2. The Morgan fingerprint density at radius 1 is 1.33 bits per heavy atom. The van der Waals surface area contributed by atoms with E-state index in [1.54, 1.807) is 7.05 Å². The van der Waals surface area contributed by atoms with Crippen molar-refractivity contribution in [1.29, 1.82) is 0 Å². The van der Waals surface area contributed by atoms with Crippen LogP contribution in [0.2, 0.25) is 0 Å². The van der Waals surface area contributed by atoms with Gasteiger partial charge >= 0.3 is 6.18 Å². The molecule has 6 nitrogen and oxygen atoms in total. The molecule has 1 unspecified atom stereocenters. The molecule has 1 saturated carbocycles. The van der Waals surface area contributed by atoms with Crippen molar-refractivity contribution in [1.82, 2.24) is 19.6 Å². The fourth-order valence-electron chi connectivity index (χ4n) is 3.11. The summed E-state index contributed by atoms with van der Waals surface area (Å²) >= 11 is 2.91. The number of fused-ring (bicyclic) bond motifs is 1. The highest BCUT2D eigenvalue weighted by Crippen LogP contribution is 2.37. The van der Waals surface area contributed by atoms with Gasteiger partial charge in [0.25, 0.3) is 5.56 Å². The van der Waals surface area contributed by atoms with Crippen LogP contribution in [0, 0.1) is 0 Å². The Balaban J connectivity index is 1.80. The van der Waals surface area contributed by atoms with Crippen LogP contribution in [0.3, 0.4) is 0 Å². The SMILES string of the molecule is Cn1nc2c(=O)n(C3CC3)ncc2c1C(O)c1ccc(C(F)(F)F)c(Br)c1. The first-order valence-corrected chi connectivity index (χ1v) is 8.97. The Bertz CT molecular complexity index is 1100. The molecule has 10 heteroatoms. The fourth-order valence-corrected chi connectivity index (χ4v) is 3.73. The number of aryl methyl sites for hydroxylation is 1. The number of aliphatic hydroxyl groups excluding tert-OH is 1. The first-order valence-electron chi connectivity index (χ1n) is 8.17. The van der Waals surface area contributed by atoms with Crippen molar-refractivity contribution in [2.24, 2.45) is 7.05 Å². The lowest BCUT2D eigenvalue weighted by atomic mass is 10.0. The Morgan fingerprint density at radius 2 is 2.04 bits per heavy atom. The second-order valence-corrected chi connectivity index (χ2v) is 7.39. The lowest BCUT2D eigenvalue weighted by molar-refractivity contribution is -0.138. The normalized spacial score (nSPS) is 16.1. The lowest BCUT2D eigenvalue weighted by Gasteiger charge is -2.15. The number of hydrogen-bond donors (Lipinski definition) is 1. The van der Waals surface area contributed by atoms with Crippen molar-refractivity contribution in [3.8, 4) is 0 Å². The Labute approximate surface area is 159 Å². The van der Waals surface area contributed by atoms with E-state index in [0.29, 0.717) is 11.1 Å². The predicted molar refractivity (Wildman–Crippen MR) is 94.2 cm³/mol. The van der Waals surface area contributed by atoms with Gasteiger partial charge in [-0.25, -0.2) is 4.68 Å². The maximum atomic E-state index is 12.9. The zero-order valence-corrected chi connectivity index (χ0v) is 15.6. The van der Waals surface area contributed by atoms with E-state index in [0.717, 1.165) is 18.9 Å². The summed E-state index contributed by atoms with van der Waals surface area (Å²) in [4.78, 5) is 12.6. The van der Waals surface area contributed by atoms with Crippen molar-refractivity contribution in [3.05, 3.63) is 56.0 Å². The van der Waals surface area contributed by atoms with Crippen LogP contribution in [0.1, 0.15) is 41.8 Å². The van der Waals surface area contributed by atoms with Crippen LogP contribution in [-0.4, -0.2) is 24.7 Å². The van der Waals surface area contributed by atoms with Gasteiger partial charge in [0.1, 0.15) is 6.10 Å². The molecule has 0 amide bonds. The second kappa shape index (κ2) is 6.16. The van der Waals surface area contributed by atoms with Crippen molar-refractivity contribution in [2.75, 3.05) is 0 Å². The molecule has 1 aliphatic rings. The molecule has 0 spiro atoms. The number of nitrogens with zero attached hydrogens (tertiary/aromatic N) is 4. The lowest BCUT2D eigenvalue weighted by Crippen LogP contribution is -2.21. The number of alkyl halides is 3. The van der Waals surface area contributed by atoms with E-state index >= 15 is 0 Å². The molecule has 27 heavy (non-hydrogen) atoms. The highest BCUT2D eigenvalue weighted by Gasteiger charge is 2.34. The summed E-state index contributed by atoms with van der Waals surface area (Å²) in [6.07, 6.45) is -2.52. The molecule has 1 atom stereocenters. The number of halogens is 4. The van der Waals surface area contributed by atoms with E-state index in [1.165, 1.54) is 27.7 Å². The van der Waals surface area contributed by atoms with E-state index in [2.05, 4.69) is 26.1 Å². The van der Waals surface area contributed by atoms with Crippen LogP contribution in [0.15, 0.2) is 33.7 Å². The molecule has 1 aromatic carbocycles. The van der Waals surface area contributed by atoms with Crippen molar-refractivity contribution in [3.63, 3.8) is 0 Å². The summed E-state index contributed by atoms with van der Waals surface area (Å²) in [5.74, 6) is 0. The van der Waals surface area contributed by atoms with Crippen LogP contribution in [0.4, 0.5) is 13.2 Å². The molecule has 0 bridgehead atoms. The molecule has 142 valence electrons. The topological polar surface area (TPSA) is 72.9 Å². The van der Waals surface area contributed by atoms with Gasteiger partial charge in [0.15, 0.2) is 5.52 Å². The minimum absolute atomic E-state index is 0.0862. The number of aliphatic hydroxyl groups is 1. The third kappa shape index (κ3) is 3.06. The van der Waals surface area contributed by atoms with Crippen molar-refractivity contribution in [2.45, 2.75) is 31.2 Å². The summed E-state index contributed by atoms with van der Waals surface area (Å²) in [7, 11) is 1.57. The molecule has 4 rings (SSSR count). The third-order valence-electron chi connectivity index (χ3n) is 4.62. The Hall–Kier alpha value is -2.20. The Morgan fingerprint density at radius 3 is 2.63 bits per heavy atom. The number of aromatic nitrogens is 4. The summed E-state index contributed by atoms with van der Waals surface area (Å²) in [6, 6.07) is 3.41. The molecule has 0 radical (unpaired) electrons. The van der Waals surface area contributed by atoms with E-state index in [1.807, 2.05) is 0 Å². The molecule has 1 fully saturated rings. The first kappa shape index (κ1) is 18.2. The van der Waals surface area contributed by atoms with Gasteiger partial charge in [-0.2, -0.15) is 23.4 Å². The molecule has 3 aromatic rings. The second-order valence-electron chi connectivity index (χ2n) is 6.54. The standard InChI is InChI=1S/C17H14BrF3N4O2/c1-24-14(10-7-22-25(9-3-4-9)16(27)13(10)23-24)15(26)8-2-5-11(12(18)6-8)17(19,20)21/h2,5-7,9,15,26H,3-4H2,1H3. The predicted octanol–water partition coefficient (Wildman–Crippen LogP) is 3.33. The summed E-state index contributed by atoms with van der Waals surface area (Å²) in [5, 5.41) is 19.5. The molecule has 2 heterocycles.